The third-order valence-corrected chi connectivity index (χ3v) is 2.04. The molecule has 0 saturated heterocycles. The van der Waals surface area contributed by atoms with Gasteiger partial charge in [-0.1, -0.05) is 0 Å². The van der Waals surface area contributed by atoms with Crippen LogP contribution in [0.1, 0.15) is 5.69 Å². The Morgan fingerprint density at radius 1 is 1.28 bits per heavy atom. The quantitative estimate of drug-likeness (QED) is 0.218. The number of nitrogen functional groups attached to an aromatic ring is 1. The number of hydrogen-bond donors (Lipinski definition) is 5. The molecule has 0 aliphatic carbocycles. The number of aliphatic imine (C=N–C) groups is 1. The van der Waals surface area contributed by atoms with Crippen molar-refractivity contribution in [2.24, 2.45) is 4.99 Å². The second-order valence-electron chi connectivity index (χ2n) is 3.24. The van der Waals surface area contributed by atoms with Crippen LogP contribution < -0.4 is 11.2 Å². The number of nitrogens with two attached hydrogens (primary N) is 1. The van der Waals surface area contributed by atoms with Crippen LogP contribution in [0.2, 0.25) is 0 Å². The molecule has 1 aromatic heterocycles. The SMILES string of the molecule is Nc1nonc1C(=Nc1ccc(O)c(O)c1)NO. The highest BCUT2D eigenvalue weighted by molar-refractivity contribution is 6.01. The van der Waals surface area contributed by atoms with Crippen molar-refractivity contribution in [1.82, 2.24) is 15.8 Å². The fourth-order valence-corrected chi connectivity index (χ4v) is 1.20. The van der Waals surface area contributed by atoms with E-state index in [1.54, 1.807) is 5.48 Å². The number of amidine groups is 1. The van der Waals surface area contributed by atoms with Crippen molar-refractivity contribution in [2.45, 2.75) is 0 Å². The average molecular weight is 251 g/mol. The summed E-state index contributed by atoms with van der Waals surface area (Å²) < 4.78 is 4.36. The van der Waals surface area contributed by atoms with Gasteiger partial charge in [0.25, 0.3) is 0 Å². The summed E-state index contributed by atoms with van der Waals surface area (Å²) in [5, 5.41) is 34.2. The summed E-state index contributed by atoms with van der Waals surface area (Å²) in [6.45, 7) is 0. The van der Waals surface area contributed by atoms with E-state index in [-0.39, 0.29) is 34.5 Å². The number of nitrogens with zero attached hydrogens (tertiary/aromatic N) is 3. The lowest BCUT2D eigenvalue weighted by Gasteiger charge is -2.02. The summed E-state index contributed by atoms with van der Waals surface area (Å²) in [7, 11) is 0. The Labute approximate surface area is 100 Å². The van der Waals surface area contributed by atoms with Crippen LogP contribution in [0.3, 0.4) is 0 Å². The van der Waals surface area contributed by atoms with Crippen LogP contribution in [0.25, 0.3) is 0 Å². The van der Waals surface area contributed by atoms with Gasteiger partial charge < -0.3 is 15.9 Å². The summed E-state index contributed by atoms with van der Waals surface area (Å²) in [5.74, 6) is -0.799. The molecule has 0 saturated carbocycles. The lowest BCUT2D eigenvalue weighted by Crippen LogP contribution is -2.21. The van der Waals surface area contributed by atoms with Crippen LogP contribution in [-0.4, -0.2) is 31.6 Å². The van der Waals surface area contributed by atoms with Crippen LogP contribution in [0, 0.1) is 0 Å². The number of aromatic hydroxyl groups is 2. The van der Waals surface area contributed by atoms with Crippen molar-refractivity contribution < 1.29 is 20.0 Å². The Balaban J connectivity index is 2.41. The number of hydroxylamine groups is 1. The van der Waals surface area contributed by atoms with E-state index in [9.17, 15) is 5.11 Å². The van der Waals surface area contributed by atoms with Crippen molar-refractivity contribution in [2.75, 3.05) is 5.73 Å². The predicted molar refractivity (Wildman–Crippen MR) is 59.6 cm³/mol. The minimum Gasteiger partial charge on any atom is -0.504 e. The minimum absolute atomic E-state index is 0.0186. The smallest absolute Gasteiger partial charge is 0.199 e. The molecule has 94 valence electrons. The zero-order valence-corrected chi connectivity index (χ0v) is 8.90. The molecule has 0 aliphatic heterocycles. The summed E-state index contributed by atoms with van der Waals surface area (Å²) in [4.78, 5) is 3.92. The van der Waals surface area contributed by atoms with Gasteiger partial charge in [-0.2, -0.15) is 0 Å². The van der Waals surface area contributed by atoms with Gasteiger partial charge in [-0.15, -0.1) is 0 Å². The van der Waals surface area contributed by atoms with Crippen LogP contribution in [0.15, 0.2) is 27.8 Å². The first kappa shape index (κ1) is 11.7. The van der Waals surface area contributed by atoms with Crippen molar-refractivity contribution in [3.05, 3.63) is 23.9 Å². The second-order valence-corrected chi connectivity index (χ2v) is 3.24. The topological polar surface area (TPSA) is 150 Å². The summed E-state index contributed by atoms with van der Waals surface area (Å²) in [6, 6.07) is 3.85. The van der Waals surface area contributed by atoms with Crippen molar-refractivity contribution in [3.8, 4) is 11.5 Å². The van der Waals surface area contributed by atoms with E-state index in [0.717, 1.165) is 0 Å². The molecule has 0 radical (unpaired) electrons. The third-order valence-electron chi connectivity index (χ3n) is 2.04. The van der Waals surface area contributed by atoms with E-state index in [1.165, 1.54) is 18.2 Å². The summed E-state index contributed by atoms with van der Waals surface area (Å²) >= 11 is 0. The third kappa shape index (κ3) is 2.15. The Morgan fingerprint density at radius 3 is 2.61 bits per heavy atom. The maximum Gasteiger partial charge on any atom is 0.199 e. The molecule has 0 unspecified atom stereocenters. The molecule has 0 aliphatic rings. The zero-order valence-electron chi connectivity index (χ0n) is 8.90. The second kappa shape index (κ2) is 4.59. The number of phenolic OH excluding ortho intramolecular Hbond substituents is 2. The van der Waals surface area contributed by atoms with Crippen LogP contribution in [0.5, 0.6) is 11.5 Å². The predicted octanol–water partition coefficient (Wildman–Crippen LogP) is 0.120. The first-order valence-electron chi connectivity index (χ1n) is 4.71. The van der Waals surface area contributed by atoms with Gasteiger partial charge in [0.2, 0.25) is 0 Å². The lowest BCUT2D eigenvalue weighted by molar-refractivity contribution is 0.234. The van der Waals surface area contributed by atoms with Gasteiger partial charge in [-0.05, 0) is 22.4 Å². The number of phenols is 2. The Bertz CT molecular complexity index is 594. The molecular formula is C9H9N5O4. The molecule has 0 atom stereocenters. The van der Waals surface area contributed by atoms with Gasteiger partial charge in [-0.3, -0.25) is 10.7 Å². The average Bonchev–Trinajstić information content (AvgIpc) is 2.77. The van der Waals surface area contributed by atoms with Crippen LogP contribution in [-0.2, 0) is 0 Å². The van der Waals surface area contributed by atoms with Crippen LogP contribution in [0.4, 0.5) is 11.5 Å². The van der Waals surface area contributed by atoms with Gasteiger partial charge in [0.15, 0.2) is 28.8 Å². The van der Waals surface area contributed by atoms with Crippen LogP contribution >= 0.6 is 0 Å². The molecule has 18 heavy (non-hydrogen) atoms. The van der Waals surface area contributed by atoms with Gasteiger partial charge in [-0.25, -0.2) is 9.62 Å². The van der Waals surface area contributed by atoms with E-state index < -0.39 is 0 Å². The highest BCUT2D eigenvalue weighted by atomic mass is 16.6. The number of anilines is 1. The molecule has 0 bridgehead atoms. The number of aromatic nitrogens is 2. The van der Waals surface area contributed by atoms with Gasteiger partial charge in [0.1, 0.15) is 0 Å². The molecule has 0 amide bonds. The summed E-state index contributed by atoms with van der Waals surface area (Å²) in [5.41, 5.74) is 7.50. The molecule has 2 rings (SSSR count). The zero-order chi connectivity index (χ0) is 13.1. The monoisotopic (exact) mass is 251 g/mol. The highest BCUT2D eigenvalue weighted by Crippen LogP contribution is 2.29. The van der Waals surface area contributed by atoms with E-state index in [2.05, 4.69) is 19.9 Å². The molecule has 9 nitrogen and oxygen atoms in total. The van der Waals surface area contributed by atoms with Gasteiger partial charge in [0, 0.05) is 6.07 Å². The van der Waals surface area contributed by atoms with Crippen molar-refractivity contribution >= 4 is 17.3 Å². The number of hydrogen-bond acceptors (Lipinski definition) is 8. The Hall–Kier alpha value is -2.81. The molecule has 6 N–H and O–H groups in total. The first-order chi connectivity index (χ1) is 8.61. The molecule has 0 spiro atoms. The molecule has 1 heterocycles. The maximum atomic E-state index is 9.30. The van der Waals surface area contributed by atoms with E-state index in [4.69, 9.17) is 16.0 Å². The number of rotatable bonds is 2. The normalized spacial score (nSPS) is 11.5. The van der Waals surface area contributed by atoms with E-state index in [0.29, 0.717) is 0 Å². The molecular weight excluding hydrogens is 242 g/mol. The Kier molecular flexibility index (Phi) is 2.98. The Morgan fingerprint density at radius 2 is 2.06 bits per heavy atom. The van der Waals surface area contributed by atoms with Crippen molar-refractivity contribution in [1.29, 1.82) is 0 Å². The standard InChI is InChI=1S/C9H9N5O4/c10-8-7(13-18-14-8)9(12-17)11-4-1-2-5(15)6(16)3-4/h1-3,15-17H,(H2,10,14)(H,11,12). The van der Waals surface area contributed by atoms with Gasteiger partial charge >= 0.3 is 0 Å². The minimum atomic E-state index is -0.347. The summed E-state index contributed by atoms with van der Waals surface area (Å²) in [6.07, 6.45) is 0. The maximum absolute atomic E-state index is 9.30. The first-order valence-corrected chi connectivity index (χ1v) is 4.71. The van der Waals surface area contributed by atoms with E-state index >= 15 is 0 Å². The number of nitrogens with one attached hydrogen (secondary N) is 1. The molecule has 2 aromatic rings. The largest absolute Gasteiger partial charge is 0.504 e. The fraction of sp³-hybridized carbons (Fsp3) is 0. The van der Waals surface area contributed by atoms with Gasteiger partial charge in [0.05, 0.1) is 5.69 Å². The van der Waals surface area contributed by atoms with E-state index in [1.807, 2.05) is 0 Å². The number of benzene rings is 1. The van der Waals surface area contributed by atoms with Crippen molar-refractivity contribution in [3.63, 3.8) is 0 Å². The molecule has 0 fully saturated rings. The lowest BCUT2D eigenvalue weighted by atomic mass is 10.3. The molecule has 1 aromatic carbocycles. The fourth-order valence-electron chi connectivity index (χ4n) is 1.20. The highest BCUT2D eigenvalue weighted by Gasteiger charge is 2.13. The molecule has 9 heteroatoms.